The van der Waals surface area contributed by atoms with Crippen LogP contribution in [0.4, 0.5) is 0 Å². The summed E-state index contributed by atoms with van der Waals surface area (Å²) in [4.78, 5) is 28.9. The predicted molar refractivity (Wildman–Crippen MR) is 101 cm³/mol. The predicted octanol–water partition coefficient (Wildman–Crippen LogP) is 2.33. The van der Waals surface area contributed by atoms with Gasteiger partial charge in [-0.1, -0.05) is 6.42 Å². The minimum atomic E-state index is 0.0397. The van der Waals surface area contributed by atoms with E-state index in [1.54, 1.807) is 0 Å². The van der Waals surface area contributed by atoms with Gasteiger partial charge in [0.05, 0.1) is 19.3 Å². The highest BCUT2D eigenvalue weighted by Crippen LogP contribution is 2.31. The van der Waals surface area contributed by atoms with E-state index in [0.717, 1.165) is 38.0 Å². The molecule has 2 heterocycles. The number of nitrogens with zero attached hydrogens (tertiary/aromatic N) is 2. The number of benzene rings is 1. The molecule has 27 heavy (non-hydrogen) atoms. The maximum Gasteiger partial charge on any atom is 0.254 e. The van der Waals surface area contributed by atoms with E-state index in [0.29, 0.717) is 44.4 Å². The van der Waals surface area contributed by atoms with Gasteiger partial charge >= 0.3 is 0 Å². The summed E-state index contributed by atoms with van der Waals surface area (Å²) >= 11 is 0. The Morgan fingerprint density at radius 1 is 1.00 bits per heavy atom. The number of hydrogen-bond donors (Lipinski definition) is 0. The molecule has 1 aromatic carbocycles. The first kappa shape index (κ1) is 18.3. The maximum atomic E-state index is 12.5. The Kier molecular flexibility index (Phi) is 5.62. The molecule has 3 aliphatic rings. The van der Waals surface area contributed by atoms with Crippen molar-refractivity contribution in [3.63, 3.8) is 0 Å². The van der Waals surface area contributed by atoms with Gasteiger partial charge in [-0.05, 0) is 49.9 Å². The molecular formula is C21H28N2O4. The molecule has 1 atom stereocenters. The standard InChI is InChI=1S/C21H28N2O4/c24-20(22-11-13-26-14-12-22)17-6-8-19(9-7-17)27-15-18-5-2-10-23(18)21(25)16-3-1-4-16/h6-9,16,18H,1-5,10-15H2. The van der Waals surface area contributed by atoms with E-state index in [4.69, 9.17) is 9.47 Å². The molecule has 146 valence electrons. The molecule has 0 radical (unpaired) electrons. The molecule has 2 aliphatic heterocycles. The Balaban J connectivity index is 1.30. The molecule has 2 saturated heterocycles. The van der Waals surface area contributed by atoms with Crippen molar-refractivity contribution in [1.82, 2.24) is 9.80 Å². The topological polar surface area (TPSA) is 59.1 Å². The zero-order chi connectivity index (χ0) is 18.6. The normalized spacial score (nSPS) is 23.2. The van der Waals surface area contributed by atoms with Crippen LogP contribution in [0.1, 0.15) is 42.5 Å². The fourth-order valence-corrected chi connectivity index (χ4v) is 4.02. The average Bonchev–Trinajstić information content (AvgIpc) is 3.14. The van der Waals surface area contributed by atoms with Gasteiger partial charge < -0.3 is 19.3 Å². The lowest BCUT2D eigenvalue weighted by Gasteiger charge is -2.32. The fourth-order valence-electron chi connectivity index (χ4n) is 4.02. The van der Waals surface area contributed by atoms with Crippen molar-refractivity contribution in [2.24, 2.45) is 5.92 Å². The molecule has 1 unspecified atom stereocenters. The van der Waals surface area contributed by atoms with Crippen molar-refractivity contribution in [2.75, 3.05) is 39.5 Å². The summed E-state index contributed by atoms with van der Waals surface area (Å²) in [5.41, 5.74) is 0.673. The summed E-state index contributed by atoms with van der Waals surface area (Å²) in [5.74, 6) is 1.35. The van der Waals surface area contributed by atoms with E-state index in [9.17, 15) is 9.59 Å². The van der Waals surface area contributed by atoms with E-state index in [1.807, 2.05) is 34.1 Å². The Hall–Kier alpha value is -2.08. The molecule has 0 bridgehead atoms. The third-order valence-corrected chi connectivity index (χ3v) is 5.96. The molecule has 1 aromatic rings. The molecule has 1 aliphatic carbocycles. The van der Waals surface area contributed by atoms with Crippen LogP contribution in [0.5, 0.6) is 5.75 Å². The first-order chi connectivity index (χ1) is 13.2. The van der Waals surface area contributed by atoms with Gasteiger partial charge in [0, 0.05) is 31.1 Å². The van der Waals surface area contributed by atoms with Crippen LogP contribution >= 0.6 is 0 Å². The van der Waals surface area contributed by atoms with Gasteiger partial charge in [0.25, 0.3) is 5.91 Å². The second-order valence-electron chi connectivity index (χ2n) is 7.70. The highest BCUT2D eigenvalue weighted by Gasteiger charge is 2.35. The van der Waals surface area contributed by atoms with Gasteiger partial charge in [0.1, 0.15) is 12.4 Å². The molecule has 3 fully saturated rings. The molecular weight excluding hydrogens is 344 g/mol. The number of likely N-dealkylation sites (tertiary alicyclic amines) is 1. The number of hydrogen-bond acceptors (Lipinski definition) is 4. The molecule has 0 N–H and O–H groups in total. The number of ether oxygens (including phenoxy) is 2. The highest BCUT2D eigenvalue weighted by atomic mass is 16.5. The van der Waals surface area contributed by atoms with E-state index in [2.05, 4.69) is 0 Å². The van der Waals surface area contributed by atoms with Crippen LogP contribution in [0.15, 0.2) is 24.3 Å². The number of morpholine rings is 1. The summed E-state index contributed by atoms with van der Waals surface area (Å²) in [6.45, 7) is 3.87. The smallest absolute Gasteiger partial charge is 0.254 e. The summed E-state index contributed by atoms with van der Waals surface area (Å²) in [6, 6.07) is 7.51. The third kappa shape index (κ3) is 4.10. The SMILES string of the molecule is O=C(c1ccc(OCC2CCCN2C(=O)C2CCC2)cc1)N1CCOCC1. The molecule has 4 rings (SSSR count). The van der Waals surface area contributed by atoms with E-state index < -0.39 is 0 Å². The minimum Gasteiger partial charge on any atom is -0.491 e. The van der Waals surface area contributed by atoms with Crippen LogP contribution in [0.25, 0.3) is 0 Å². The number of carbonyl (C=O) groups is 2. The van der Waals surface area contributed by atoms with Crippen molar-refractivity contribution in [1.29, 1.82) is 0 Å². The van der Waals surface area contributed by atoms with Crippen LogP contribution in [0.2, 0.25) is 0 Å². The van der Waals surface area contributed by atoms with Crippen LogP contribution < -0.4 is 4.74 Å². The zero-order valence-electron chi connectivity index (χ0n) is 15.8. The third-order valence-electron chi connectivity index (χ3n) is 5.96. The van der Waals surface area contributed by atoms with Crippen molar-refractivity contribution >= 4 is 11.8 Å². The van der Waals surface area contributed by atoms with Crippen molar-refractivity contribution in [2.45, 2.75) is 38.1 Å². The lowest BCUT2D eigenvalue weighted by atomic mass is 9.84. The summed E-state index contributed by atoms with van der Waals surface area (Å²) < 4.78 is 11.2. The Labute approximate surface area is 160 Å². The second-order valence-corrected chi connectivity index (χ2v) is 7.70. The minimum absolute atomic E-state index is 0.0397. The van der Waals surface area contributed by atoms with Crippen LogP contribution in [-0.2, 0) is 9.53 Å². The molecule has 1 saturated carbocycles. The van der Waals surface area contributed by atoms with E-state index in [-0.39, 0.29) is 17.9 Å². The second kappa shape index (κ2) is 8.30. The van der Waals surface area contributed by atoms with Crippen molar-refractivity contribution < 1.29 is 19.1 Å². The molecule has 0 aromatic heterocycles. The molecule has 2 amide bonds. The van der Waals surface area contributed by atoms with Gasteiger partial charge in [-0.3, -0.25) is 9.59 Å². The molecule has 6 nitrogen and oxygen atoms in total. The summed E-state index contributed by atoms with van der Waals surface area (Å²) in [7, 11) is 0. The van der Waals surface area contributed by atoms with Crippen molar-refractivity contribution in [3.8, 4) is 5.75 Å². The summed E-state index contributed by atoms with van der Waals surface area (Å²) in [5, 5.41) is 0. The Morgan fingerprint density at radius 3 is 2.41 bits per heavy atom. The highest BCUT2D eigenvalue weighted by molar-refractivity contribution is 5.94. The first-order valence-electron chi connectivity index (χ1n) is 10.1. The van der Waals surface area contributed by atoms with Gasteiger partial charge in [-0.25, -0.2) is 0 Å². The largest absolute Gasteiger partial charge is 0.491 e. The van der Waals surface area contributed by atoms with Gasteiger partial charge in [-0.15, -0.1) is 0 Å². The van der Waals surface area contributed by atoms with Gasteiger partial charge in [0.15, 0.2) is 0 Å². The number of rotatable bonds is 5. The lowest BCUT2D eigenvalue weighted by Crippen LogP contribution is -2.44. The Bertz CT molecular complexity index is 665. The molecule has 6 heteroatoms. The fraction of sp³-hybridized carbons (Fsp3) is 0.619. The van der Waals surface area contributed by atoms with Gasteiger partial charge in [-0.2, -0.15) is 0 Å². The Morgan fingerprint density at radius 2 is 1.74 bits per heavy atom. The molecule has 0 spiro atoms. The number of carbonyl (C=O) groups excluding carboxylic acids is 2. The lowest BCUT2D eigenvalue weighted by molar-refractivity contribution is -0.139. The van der Waals surface area contributed by atoms with E-state index >= 15 is 0 Å². The van der Waals surface area contributed by atoms with Crippen LogP contribution in [0, 0.1) is 5.92 Å². The van der Waals surface area contributed by atoms with Gasteiger partial charge in [0.2, 0.25) is 5.91 Å². The average molecular weight is 372 g/mol. The van der Waals surface area contributed by atoms with Crippen LogP contribution in [-0.4, -0.2) is 67.1 Å². The zero-order valence-corrected chi connectivity index (χ0v) is 15.8. The quantitative estimate of drug-likeness (QED) is 0.796. The maximum absolute atomic E-state index is 12.5. The summed E-state index contributed by atoms with van der Waals surface area (Å²) in [6.07, 6.45) is 5.33. The van der Waals surface area contributed by atoms with Crippen molar-refractivity contribution in [3.05, 3.63) is 29.8 Å². The first-order valence-corrected chi connectivity index (χ1v) is 10.1. The number of amides is 2. The monoisotopic (exact) mass is 372 g/mol. The van der Waals surface area contributed by atoms with Crippen LogP contribution in [0.3, 0.4) is 0 Å². The van der Waals surface area contributed by atoms with E-state index in [1.165, 1.54) is 6.42 Å².